The van der Waals surface area contributed by atoms with Crippen molar-refractivity contribution in [3.63, 3.8) is 0 Å². The van der Waals surface area contributed by atoms with E-state index in [0.29, 0.717) is 31.2 Å². The van der Waals surface area contributed by atoms with Crippen molar-refractivity contribution in [3.05, 3.63) is 29.6 Å². The van der Waals surface area contributed by atoms with Crippen LogP contribution in [0.15, 0.2) is 23.2 Å². The number of benzene rings is 1. The summed E-state index contributed by atoms with van der Waals surface area (Å²) in [5, 5.41) is 6.27. The van der Waals surface area contributed by atoms with Crippen molar-refractivity contribution in [1.29, 1.82) is 0 Å². The Balaban J connectivity index is 2.05. The SMILES string of the molecule is CCNC(=NCc1ccc(N(CC)CC)c(F)c1)NC1CCS(=O)(=O)C1. The molecule has 0 aliphatic carbocycles. The van der Waals surface area contributed by atoms with Crippen LogP contribution < -0.4 is 15.5 Å². The molecule has 0 spiro atoms. The minimum atomic E-state index is -2.95. The lowest BCUT2D eigenvalue weighted by atomic mass is 10.2. The number of halogens is 1. The van der Waals surface area contributed by atoms with Crippen LogP contribution in [0, 0.1) is 5.82 Å². The Bertz CT molecular complexity index is 733. The van der Waals surface area contributed by atoms with Crippen molar-refractivity contribution < 1.29 is 12.8 Å². The standard InChI is InChI=1S/C18H29FN4O2S/c1-4-20-18(22-15-9-10-26(24,25)13-15)21-12-14-7-8-17(16(19)11-14)23(5-2)6-3/h7-8,11,15H,4-6,9-10,12-13H2,1-3H3,(H2,20,21,22). The minimum absolute atomic E-state index is 0.125. The molecule has 26 heavy (non-hydrogen) atoms. The molecule has 0 aromatic heterocycles. The van der Waals surface area contributed by atoms with Gasteiger partial charge in [0, 0.05) is 25.7 Å². The fourth-order valence-corrected chi connectivity index (χ4v) is 4.74. The molecule has 0 radical (unpaired) electrons. The van der Waals surface area contributed by atoms with Crippen LogP contribution in [0.25, 0.3) is 0 Å². The quantitative estimate of drug-likeness (QED) is 0.555. The molecule has 146 valence electrons. The van der Waals surface area contributed by atoms with Gasteiger partial charge in [0.15, 0.2) is 15.8 Å². The number of sulfone groups is 1. The lowest BCUT2D eigenvalue weighted by Gasteiger charge is -2.21. The molecular weight excluding hydrogens is 355 g/mol. The highest BCUT2D eigenvalue weighted by Gasteiger charge is 2.28. The second kappa shape index (κ2) is 9.21. The Hall–Kier alpha value is -1.83. The molecule has 0 bridgehead atoms. The predicted molar refractivity (Wildman–Crippen MR) is 105 cm³/mol. The fourth-order valence-electron chi connectivity index (χ4n) is 3.06. The van der Waals surface area contributed by atoms with Crippen molar-refractivity contribution in [2.75, 3.05) is 36.0 Å². The molecule has 2 N–H and O–H groups in total. The van der Waals surface area contributed by atoms with Crippen LogP contribution in [0.5, 0.6) is 0 Å². The maximum absolute atomic E-state index is 14.4. The summed E-state index contributed by atoms with van der Waals surface area (Å²) in [4.78, 5) is 6.44. The molecule has 1 heterocycles. The van der Waals surface area contributed by atoms with Crippen LogP contribution >= 0.6 is 0 Å². The van der Waals surface area contributed by atoms with Crippen LogP contribution in [0.2, 0.25) is 0 Å². The lowest BCUT2D eigenvalue weighted by molar-refractivity contribution is 0.599. The number of hydrogen-bond acceptors (Lipinski definition) is 4. The van der Waals surface area contributed by atoms with Gasteiger partial charge in [-0.3, -0.25) is 0 Å². The van der Waals surface area contributed by atoms with E-state index in [2.05, 4.69) is 15.6 Å². The zero-order valence-electron chi connectivity index (χ0n) is 15.8. The molecule has 2 rings (SSSR count). The smallest absolute Gasteiger partial charge is 0.191 e. The second-order valence-electron chi connectivity index (χ2n) is 6.40. The third-order valence-electron chi connectivity index (χ3n) is 4.45. The molecular formula is C18H29FN4O2S. The Morgan fingerprint density at radius 3 is 2.58 bits per heavy atom. The first-order valence-corrected chi connectivity index (χ1v) is 11.0. The van der Waals surface area contributed by atoms with Gasteiger partial charge in [-0.15, -0.1) is 0 Å². The van der Waals surface area contributed by atoms with Crippen LogP contribution in [-0.2, 0) is 16.4 Å². The number of anilines is 1. The van der Waals surface area contributed by atoms with E-state index in [-0.39, 0.29) is 23.4 Å². The fraction of sp³-hybridized carbons (Fsp3) is 0.611. The highest BCUT2D eigenvalue weighted by atomic mass is 32.2. The molecule has 1 aromatic carbocycles. The molecule has 6 nitrogen and oxygen atoms in total. The summed E-state index contributed by atoms with van der Waals surface area (Å²) in [7, 11) is -2.95. The van der Waals surface area contributed by atoms with Gasteiger partial charge in [0.25, 0.3) is 0 Å². The van der Waals surface area contributed by atoms with Crippen molar-refractivity contribution >= 4 is 21.5 Å². The van der Waals surface area contributed by atoms with E-state index in [1.165, 1.54) is 6.07 Å². The molecule has 1 unspecified atom stereocenters. The van der Waals surface area contributed by atoms with Gasteiger partial charge in [0.2, 0.25) is 0 Å². The molecule has 0 saturated carbocycles. The van der Waals surface area contributed by atoms with Gasteiger partial charge in [0.1, 0.15) is 5.82 Å². The molecule has 1 aromatic rings. The average Bonchev–Trinajstić information content (AvgIpc) is 2.94. The van der Waals surface area contributed by atoms with E-state index in [0.717, 1.165) is 18.7 Å². The first-order valence-electron chi connectivity index (χ1n) is 9.17. The van der Waals surface area contributed by atoms with Gasteiger partial charge in [-0.1, -0.05) is 6.07 Å². The molecule has 1 saturated heterocycles. The largest absolute Gasteiger partial charge is 0.370 e. The summed E-state index contributed by atoms with van der Waals surface area (Å²) in [5.74, 6) is 0.649. The zero-order chi connectivity index (χ0) is 19.2. The summed E-state index contributed by atoms with van der Waals surface area (Å²) in [6.45, 7) is 8.44. The van der Waals surface area contributed by atoms with E-state index >= 15 is 0 Å². The van der Waals surface area contributed by atoms with E-state index in [1.54, 1.807) is 6.07 Å². The topological polar surface area (TPSA) is 73.8 Å². The highest BCUT2D eigenvalue weighted by molar-refractivity contribution is 7.91. The maximum Gasteiger partial charge on any atom is 0.191 e. The third-order valence-corrected chi connectivity index (χ3v) is 6.22. The van der Waals surface area contributed by atoms with Gasteiger partial charge in [-0.05, 0) is 44.9 Å². The zero-order valence-corrected chi connectivity index (χ0v) is 16.6. The summed E-state index contributed by atoms with van der Waals surface area (Å²) in [6, 6.07) is 5.06. The highest BCUT2D eigenvalue weighted by Crippen LogP contribution is 2.20. The monoisotopic (exact) mass is 384 g/mol. The van der Waals surface area contributed by atoms with Crippen LogP contribution in [0.4, 0.5) is 10.1 Å². The van der Waals surface area contributed by atoms with Gasteiger partial charge >= 0.3 is 0 Å². The van der Waals surface area contributed by atoms with E-state index in [1.807, 2.05) is 31.7 Å². The maximum atomic E-state index is 14.4. The van der Waals surface area contributed by atoms with Crippen LogP contribution in [-0.4, -0.2) is 51.6 Å². The van der Waals surface area contributed by atoms with E-state index < -0.39 is 9.84 Å². The molecule has 1 aliphatic rings. The number of nitrogens with zero attached hydrogens (tertiary/aromatic N) is 2. The number of nitrogens with one attached hydrogen (secondary N) is 2. The third kappa shape index (κ3) is 5.59. The minimum Gasteiger partial charge on any atom is -0.370 e. The Morgan fingerprint density at radius 1 is 1.31 bits per heavy atom. The Morgan fingerprint density at radius 2 is 2.04 bits per heavy atom. The summed E-state index contributed by atoms with van der Waals surface area (Å²) in [6.07, 6.45) is 0.583. The molecule has 1 aliphatic heterocycles. The average molecular weight is 385 g/mol. The summed E-state index contributed by atoms with van der Waals surface area (Å²) >= 11 is 0. The first kappa shape index (κ1) is 20.5. The van der Waals surface area contributed by atoms with Gasteiger partial charge < -0.3 is 15.5 Å². The molecule has 1 atom stereocenters. The Kier molecular flexibility index (Phi) is 7.25. The predicted octanol–water partition coefficient (Wildman–Crippen LogP) is 1.91. The number of hydrogen-bond donors (Lipinski definition) is 2. The lowest BCUT2D eigenvalue weighted by Crippen LogP contribution is -2.44. The summed E-state index contributed by atoms with van der Waals surface area (Å²) in [5.41, 5.74) is 1.37. The van der Waals surface area contributed by atoms with Crippen molar-refractivity contribution in [1.82, 2.24) is 10.6 Å². The first-order chi connectivity index (χ1) is 12.4. The van der Waals surface area contributed by atoms with Crippen molar-refractivity contribution in [2.24, 2.45) is 4.99 Å². The summed E-state index contributed by atoms with van der Waals surface area (Å²) < 4.78 is 37.5. The molecule has 1 fully saturated rings. The van der Waals surface area contributed by atoms with Crippen LogP contribution in [0.1, 0.15) is 32.8 Å². The van der Waals surface area contributed by atoms with Crippen molar-refractivity contribution in [2.45, 2.75) is 39.8 Å². The van der Waals surface area contributed by atoms with E-state index in [9.17, 15) is 12.8 Å². The Labute approximate surface area is 155 Å². The van der Waals surface area contributed by atoms with Gasteiger partial charge in [0.05, 0.1) is 23.7 Å². The normalized spacial score (nSPS) is 19.4. The van der Waals surface area contributed by atoms with Gasteiger partial charge in [-0.2, -0.15) is 0 Å². The molecule has 8 heteroatoms. The molecule has 0 amide bonds. The number of guanidine groups is 1. The van der Waals surface area contributed by atoms with Crippen molar-refractivity contribution in [3.8, 4) is 0 Å². The second-order valence-corrected chi connectivity index (χ2v) is 8.63. The van der Waals surface area contributed by atoms with Gasteiger partial charge in [-0.25, -0.2) is 17.8 Å². The van der Waals surface area contributed by atoms with Crippen LogP contribution in [0.3, 0.4) is 0 Å². The number of aliphatic imine (C=N–C) groups is 1. The van der Waals surface area contributed by atoms with E-state index in [4.69, 9.17) is 0 Å². The number of rotatable bonds is 7.